The predicted molar refractivity (Wildman–Crippen MR) is 52.3 cm³/mol. The van der Waals surface area contributed by atoms with Crippen LogP contribution in [0.15, 0.2) is 0 Å². The minimum atomic E-state index is -1.42. The molecule has 3 N–H and O–H groups in total. The molecule has 2 rings (SSSR count). The molecule has 2 fully saturated rings. The molecule has 0 aliphatic carbocycles. The zero-order chi connectivity index (χ0) is 11.5. The van der Waals surface area contributed by atoms with Gasteiger partial charge in [-0.1, -0.05) is 0 Å². The van der Waals surface area contributed by atoms with Crippen molar-refractivity contribution < 1.29 is 18.9 Å². The van der Waals surface area contributed by atoms with Crippen molar-refractivity contribution in [1.29, 1.82) is 0 Å². The van der Waals surface area contributed by atoms with Crippen molar-refractivity contribution >= 4 is 22.7 Å². The second-order valence-corrected chi connectivity index (χ2v) is 6.43. The zero-order valence-electron chi connectivity index (χ0n) is 8.34. The molecule has 1 amide bonds. The van der Waals surface area contributed by atoms with Crippen LogP contribution in [0.4, 0.5) is 0 Å². The van der Waals surface area contributed by atoms with Gasteiger partial charge in [0.2, 0.25) is 5.91 Å². The highest BCUT2D eigenvalue weighted by atomic mass is 32.2. The smallest absolute Gasteiger partial charge is 0.328 e. The van der Waals surface area contributed by atoms with Gasteiger partial charge in [-0.15, -0.1) is 0 Å². The third kappa shape index (κ3) is 1.04. The van der Waals surface area contributed by atoms with Crippen molar-refractivity contribution in [3.63, 3.8) is 0 Å². The lowest BCUT2D eigenvalue weighted by molar-refractivity contribution is -0.159. The molecule has 7 heteroatoms. The van der Waals surface area contributed by atoms with Crippen molar-refractivity contribution in [2.24, 2.45) is 5.73 Å². The standard InChI is InChI=1S/C8H12N2O4S/c1-8(2)4(7(12)13)10-5(11)3(9)6(10)15(8)14/h3-4,6H,9H2,1-2H3,(H,12,13). The molecule has 4 atom stereocenters. The molecule has 2 heterocycles. The molecule has 0 aromatic carbocycles. The highest BCUT2D eigenvalue weighted by Crippen LogP contribution is 2.42. The number of carbonyl (C=O) groups excluding carboxylic acids is 1. The average molecular weight is 232 g/mol. The van der Waals surface area contributed by atoms with Crippen LogP contribution in [0.3, 0.4) is 0 Å². The Morgan fingerprint density at radius 3 is 2.60 bits per heavy atom. The number of fused-ring (bicyclic) bond motifs is 1. The summed E-state index contributed by atoms with van der Waals surface area (Å²) >= 11 is 0. The van der Waals surface area contributed by atoms with Gasteiger partial charge in [-0.3, -0.25) is 9.00 Å². The molecule has 0 radical (unpaired) electrons. The van der Waals surface area contributed by atoms with E-state index in [9.17, 15) is 13.8 Å². The van der Waals surface area contributed by atoms with E-state index in [0.717, 1.165) is 4.90 Å². The Hall–Kier alpha value is -0.950. The first-order chi connectivity index (χ1) is 6.80. The number of carboxylic acids is 1. The van der Waals surface area contributed by atoms with Crippen LogP contribution in [0, 0.1) is 0 Å². The number of aliphatic carboxylic acids is 1. The summed E-state index contributed by atoms with van der Waals surface area (Å²) in [7, 11) is -1.42. The number of rotatable bonds is 1. The second-order valence-electron chi connectivity index (χ2n) is 4.30. The largest absolute Gasteiger partial charge is 0.480 e. The van der Waals surface area contributed by atoms with Crippen LogP contribution < -0.4 is 5.73 Å². The maximum Gasteiger partial charge on any atom is 0.328 e. The van der Waals surface area contributed by atoms with Gasteiger partial charge < -0.3 is 15.7 Å². The number of nitrogens with two attached hydrogens (primary N) is 1. The molecule has 2 aliphatic heterocycles. The summed E-state index contributed by atoms with van der Waals surface area (Å²) in [4.78, 5) is 23.6. The summed E-state index contributed by atoms with van der Waals surface area (Å²) in [6, 6.07) is -1.84. The number of β-lactam (4-membered cyclic amide) rings is 1. The number of carbonyl (C=O) groups is 2. The molecule has 4 unspecified atom stereocenters. The van der Waals surface area contributed by atoms with Crippen LogP contribution in [0.5, 0.6) is 0 Å². The summed E-state index contributed by atoms with van der Waals surface area (Å²) < 4.78 is 11.0. The third-order valence-corrected chi connectivity index (χ3v) is 5.25. The molecule has 0 aromatic rings. The van der Waals surface area contributed by atoms with Crippen molar-refractivity contribution in [3.8, 4) is 0 Å². The van der Waals surface area contributed by atoms with E-state index >= 15 is 0 Å². The average Bonchev–Trinajstić information content (AvgIpc) is 2.32. The Balaban J connectivity index is 2.45. The van der Waals surface area contributed by atoms with E-state index in [1.807, 2.05) is 0 Å². The summed E-state index contributed by atoms with van der Waals surface area (Å²) in [5.41, 5.74) is 5.50. The van der Waals surface area contributed by atoms with Gasteiger partial charge in [0.1, 0.15) is 17.5 Å². The van der Waals surface area contributed by atoms with Crippen LogP contribution in [-0.2, 0) is 20.4 Å². The SMILES string of the molecule is CC1(C)C(C(=O)O)N2C(=O)C(N)C2S1=O. The van der Waals surface area contributed by atoms with E-state index in [1.165, 1.54) is 0 Å². The van der Waals surface area contributed by atoms with Gasteiger partial charge >= 0.3 is 5.97 Å². The van der Waals surface area contributed by atoms with E-state index in [4.69, 9.17) is 10.8 Å². The van der Waals surface area contributed by atoms with Crippen molar-refractivity contribution in [2.45, 2.75) is 36.1 Å². The molecule has 2 saturated heterocycles. The molecule has 0 bridgehead atoms. The van der Waals surface area contributed by atoms with E-state index in [-0.39, 0.29) is 0 Å². The Morgan fingerprint density at radius 2 is 2.13 bits per heavy atom. The van der Waals surface area contributed by atoms with Crippen LogP contribution in [0.25, 0.3) is 0 Å². The van der Waals surface area contributed by atoms with Gasteiger partial charge in [0, 0.05) is 0 Å². The molecule has 84 valence electrons. The number of nitrogens with zero attached hydrogens (tertiary/aromatic N) is 1. The maximum absolute atomic E-state index is 11.9. The quantitative estimate of drug-likeness (QED) is 0.534. The zero-order valence-corrected chi connectivity index (χ0v) is 9.15. The Kier molecular flexibility index (Phi) is 1.97. The fraction of sp³-hybridized carbons (Fsp3) is 0.750. The molecule has 0 aromatic heterocycles. The van der Waals surface area contributed by atoms with Crippen LogP contribution in [0.1, 0.15) is 13.8 Å². The summed E-state index contributed by atoms with van der Waals surface area (Å²) in [5, 5.41) is 8.39. The lowest BCUT2D eigenvalue weighted by Gasteiger charge is -2.40. The van der Waals surface area contributed by atoms with Crippen molar-refractivity contribution in [3.05, 3.63) is 0 Å². The number of carboxylic acid groups (broad SMARTS) is 1. The van der Waals surface area contributed by atoms with Crippen molar-refractivity contribution in [2.75, 3.05) is 0 Å². The fourth-order valence-corrected chi connectivity index (χ4v) is 4.06. The van der Waals surface area contributed by atoms with Gasteiger partial charge in [-0.25, -0.2) is 4.79 Å². The maximum atomic E-state index is 11.9. The topological polar surface area (TPSA) is 101 Å². The van der Waals surface area contributed by atoms with E-state index < -0.39 is 44.9 Å². The summed E-state index contributed by atoms with van der Waals surface area (Å²) in [6.45, 7) is 3.17. The number of amides is 1. The van der Waals surface area contributed by atoms with Gasteiger partial charge in [0.05, 0.1) is 15.5 Å². The summed E-state index contributed by atoms with van der Waals surface area (Å²) in [6.07, 6.45) is 0. The molecule has 6 nitrogen and oxygen atoms in total. The van der Waals surface area contributed by atoms with Crippen LogP contribution in [0.2, 0.25) is 0 Å². The lowest BCUT2D eigenvalue weighted by atomic mass is 9.96. The number of hydrogen-bond donors (Lipinski definition) is 2. The van der Waals surface area contributed by atoms with Gasteiger partial charge in [-0.05, 0) is 13.8 Å². The Bertz CT molecular complexity index is 381. The Labute approximate surface area is 88.9 Å². The van der Waals surface area contributed by atoms with Crippen LogP contribution in [-0.4, -0.2) is 48.3 Å². The van der Waals surface area contributed by atoms with Gasteiger partial charge in [-0.2, -0.15) is 0 Å². The van der Waals surface area contributed by atoms with Gasteiger partial charge in [0.15, 0.2) is 0 Å². The highest BCUT2D eigenvalue weighted by molar-refractivity contribution is 7.87. The first-order valence-corrected chi connectivity index (χ1v) is 5.72. The van der Waals surface area contributed by atoms with Crippen molar-refractivity contribution in [1.82, 2.24) is 4.90 Å². The van der Waals surface area contributed by atoms with E-state index in [0.29, 0.717) is 0 Å². The monoisotopic (exact) mass is 232 g/mol. The Morgan fingerprint density at radius 1 is 1.60 bits per heavy atom. The van der Waals surface area contributed by atoms with Gasteiger partial charge in [0.25, 0.3) is 0 Å². The molecular weight excluding hydrogens is 220 g/mol. The predicted octanol–water partition coefficient (Wildman–Crippen LogP) is -1.52. The molecule has 0 saturated carbocycles. The normalized spacial score (nSPS) is 42.3. The fourth-order valence-electron chi connectivity index (χ4n) is 2.19. The summed E-state index contributed by atoms with van der Waals surface area (Å²) in [5.74, 6) is -1.55. The first-order valence-electron chi connectivity index (χ1n) is 4.51. The minimum absolute atomic E-state index is 0.425. The first kappa shape index (κ1) is 10.6. The lowest BCUT2D eigenvalue weighted by Crippen LogP contribution is -2.69. The third-order valence-electron chi connectivity index (χ3n) is 3.03. The van der Waals surface area contributed by atoms with E-state index in [1.54, 1.807) is 13.8 Å². The second kappa shape index (κ2) is 2.79. The molecule has 15 heavy (non-hydrogen) atoms. The minimum Gasteiger partial charge on any atom is -0.480 e. The molecule has 2 aliphatic rings. The number of hydrogen-bond acceptors (Lipinski definition) is 4. The van der Waals surface area contributed by atoms with Crippen LogP contribution >= 0.6 is 0 Å². The molecular formula is C8H12N2O4S. The highest BCUT2D eigenvalue weighted by Gasteiger charge is 2.66. The van der Waals surface area contributed by atoms with E-state index in [2.05, 4.69) is 0 Å². The molecule has 0 spiro atoms.